The minimum Gasteiger partial charge on any atom is -0.375 e. The SMILES string of the molecule is CCC1CCCC(C(NN)C2CCOC3(CCC3)C2)C1. The number of hydrazine groups is 1. The van der Waals surface area contributed by atoms with E-state index in [1.165, 1.54) is 64.2 Å². The normalized spacial score (nSPS) is 38.4. The van der Waals surface area contributed by atoms with Crippen LogP contribution in [0.2, 0.25) is 0 Å². The van der Waals surface area contributed by atoms with Crippen molar-refractivity contribution in [2.24, 2.45) is 23.6 Å². The summed E-state index contributed by atoms with van der Waals surface area (Å²) in [6, 6.07) is 0.519. The maximum atomic E-state index is 6.09. The fourth-order valence-corrected chi connectivity index (χ4v) is 4.98. The summed E-state index contributed by atoms with van der Waals surface area (Å²) in [4.78, 5) is 0. The smallest absolute Gasteiger partial charge is 0.0685 e. The van der Waals surface area contributed by atoms with Gasteiger partial charge in [0.25, 0.3) is 0 Å². The molecule has 4 atom stereocenters. The minimum atomic E-state index is 0.247. The third-order valence-electron chi connectivity index (χ3n) is 6.40. The second kappa shape index (κ2) is 6.33. The summed E-state index contributed by atoms with van der Waals surface area (Å²) in [5.74, 6) is 8.43. The van der Waals surface area contributed by atoms with Gasteiger partial charge in [-0.3, -0.25) is 11.3 Å². The first-order chi connectivity index (χ1) is 9.76. The van der Waals surface area contributed by atoms with Crippen LogP contribution in [0.1, 0.15) is 71.1 Å². The Morgan fingerprint density at radius 1 is 1.20 bits per heavy atom. The Bertz CT molecular complexity index is 316. The second-order valence-electron chi connectivity index (χ2n) is 7.53. The van der Waals surface area contributed by atoms with E-state index in [9.17, 15) is 0 Å². The van der Waals surface area contributed by atoms with Gasteiger partial charge in [0, 0.05) is 12.6 Å². The zero-order valence-electron chi connectivity index (χ0n) is 13.1. The number of hydrogen-bond donors (Lipinski definition) is 2. The van der Waals surface area contributed by atoms with Crippen molar-refractivity contribution in [1.29, 1.82) is 0 Å². The zero-order valence-corrected chi connectivity index (χ0v) is 13.1. The molecule has 0 aromatic carbocycles. The number of nitrogens with two attached hydrogens (primary N) is 1. The highest BCUT2D eigenvalue weighted by Crippen LogP contribution is 2.46. The molecule has 0 aromatic rings. The first kappa shape index (κ1) is 14.8. The van der Waals surface area contributed by atoms with Crippen molar-refractivity contribution in [3.05, 3.63) is 0 Å². The first-order valence-electron chi connectivity index (χ1n) is 8.86. The molecule has 3 aliphatic rings. The molecule has 3 fully saturated rings. The van der Waals surface area contributed by atoms with Crippen LogP contribution >= 0.6 is 0 Å². The number of rotatable bonds is 4. The molecule has 0 radical (unpaired) electrons. The summed E-state index contributed by atoms with van der Waals surface area (Å²) in [6.45, 7) is 3.29. The van der Waals surface area contributed by atoms with E-state index >= 15 is 0 Å². The Morgan fingerprint density at radius 2 is 2.05 bits per heavy atom. The van der Waals surface area contributed by atoms with Gasteiger partial charge in [-0.1, -0.05) is 26.2 Å². The summed E-state index contributed by atoms with van der Waals surface area (Å²) in [5, 5.41) is 0. The van der Waals surface area contributed by atoms with Gasteiger partial charge in [0.1, 0.15) is 0 Å². The molecule has 3 nitrogen and oxygen atoms in total. The molecule has 0 amide bonds. The van der Waals surface area contributed by atoms with Gasteiger partial charge in [-0.15, -0.1) is 0 Å². The lowest BCUT2D eigenvalue weighted by molar-refractivity contribution is -0.149. The van der Waals surface area contributed by atoms with Gasteiger partial charge in [-0.05, 0) is 62.7 Å². The average molecular weight is 280 g/mol. The van der Waals surface area contributed by atoms with Gasteiger partial charge in [0.2, 0.25) is 0 Å². The van der Waals surface area contributed by atoms with E-state index in [1.807, 2.05) is 0 Å². The lowest BCUT2D eigenvalue weighted by Gasteiger charge is -2.50. The van der Waals surface area contributed by atoms with Crippen molar-refractivity contribution in [3.63, 3.8) is 0 Å². The van der Waals surface area contributed by atoms with Crippen molar-refractivity contribution < 1.29 is 4.74 Å². The topological polar surface area (TPSA) is 47.3 Å². The van der Waals surface area contributed by atoms with Crippen molar-refractivity contribution in [3.8, 4) is 0 Å². The molecule has 2 aliphatic carbocycles. The molecule has 0 aromatic heterocycles. The summed E-state index contributed by atoms with van der Waals surface area (Å²) in [5.41, 5.74) is 3.46. The van der Waals surface area contributed by atoms with Crippen molar-refractivity contribution >= 4 is 0 Å². The molecule has 0 bridgehead atoms. The Balaban J connectivity index is 1.63. The average Bonchev–Trinajstić information content (AvgIpc) is 2.47. The number of nitrogens with one attached hydrogen (secondary N) is 1. The lowest BCUT2D eigenvalue weighted by Crippen LogP contribution is -2.54. The van der Waals surface area contributed by atoms with Crippen LogP contribution in [-0.4, -0.2) is 18.2 Å². The lowest BCUT2D eigenvalue weighted by atomic mass is 9.66. The van der Waals surface area contributed by atoms with Gasteiger partial charge in [-0.25, -0.2) is 0 Å². The predicted octanol–water partition coefficient (Wildman–Crippen LogP) is 3.38. The van der Waals surface area contributed by atoms with E-state index in [4.69, 9.17) is 10.6 Å². The third-order valence-corrected chi connectivity index (χ3v) is 6.40. The maximum absolute atomic E-state index is 6.09. The van der Waals surface area contributed by atoms with Crippen LogP contribution in [0.3, 0.4) is 0 Å². The second-order valence-corrected chi connectivity index (χ2v) is 7.53. The van der Waals surface area contributed by atoms with E-state index in [0.717, 1.165) is 24.4 Å². The summed E-state index contributed by atoms with van der Waals surface area (Å²) in [7, 11) is 0. The Labute approximate surface area is 124 Å². The first-order valence-corrected chi connectivity index (χ1v) is 8.86. The van der Waals surface area contributed by atoms with Gasteiger partial charge >= 0.3 is 0 Å². The van der Waals surface area contributed by atoms with Gasteiger partial charge in [0.15, 0.2) is 0 Å². The molecule has 1 heterocycles. The number of hydrogen-bond acceptors (Lipinski definition) is 3. The van der Waals surface area contributed by atoms with E-state index in [-0.39, 0.29) is 5.60 Å². The molecule has 20 heavy (non-hydrogen) atoms. The van der Waals surface area contributed by atoms with Gasteiger partial charge in [-0.2, -0.15) is 0 Å². The largest absolute Gasteiger partial charge is 0.375 e. The molecule has 3 N–H and O–H groups in total. The maximum Gasteiger partial charge on any atom is 0.0685 e. The zero-order chi connectivity index (χ0) is 14.0. The highest BCUT2D eigenvalue weighted by atomic mass is 16.5. The van der Waals surface area contributed by atoms with E-state index in [1.54, 1.807) is 0 Å². The predicted molar refractivity (Wildman–Crippen MR) is 82.1 cm³/mol. The Kier molecular flexibility index (Phi) is 4.68. The van der Waals surface area contributed by atoms with Crippen LogP contribution in [0.5, 0.6) is 0 Å². The van der Waals surface area contributed by atoms with Crippen LogP contribution in [0.4, 0.5) is 0 Å². The van der Waals surface area contributed by atoms with Gasteiger partial charge < -0.3 is 4.74 Å². The molecule has 2 saturated carbocycles. The van der Waals surface area contributed by atoms with Crippen molar-refractivity contribution in [1.82, 2.24) is 5.43 Å². The fourth-order valence-electron chi connectivity index (χ4n) is 4.98. The van der Waals surface area contributed by atoms with Crippen LogP contribution in [0.15, 0.2) is 0 Å². The van der Waals surface area contributed by atoms with Crippen molar-refractivity contribution in [2.45, 2.75) is 82.8 Å². The molecule has 3 heteroatoms. The van der Waals surface area contributed by atoms with E-state index in [0.29, 0.717) is 6.04 Å². The molecule has 1 spiro atoms. The van der Waals surface area contributed by atoms with Crippen LogP contribution in [-0.2, 0) is 4.74 Å². The minimum absolute atomic E-state index is 0.247. The standard InChI is InChI=1S/C17H32N2O/c1-2-13-5-3-6-14(11-13)16(19-18)15-7-10-20-17(12-15)8-4-9-17/h13-16,19H,2-12,18H2,1H3. The van der Waals surface area contributed by atoms with E-state index in [2.05, 4.69) is 12.3 Å². The Morgan fingerprint density at radius 3 is 2.70 bits per heavy atom. The van der Waals surface area contributed by atoms with Crippen LogP contribution < -0.4 is 11.3 Å². The molecular weight excluding hydrogens is 248 g/mol. The monoisotopic (exact) mass is 280 g/mol. The summed E-state index contributed by atoms with van der Waals surface area (Å²) >= 11 is 0. The van der Waals surface area contributed by atoms with Crippen LogP contribution in [0.25, 0.3) is 0 Å². The van der Waals surface area contributed by atoms with Crippen LogP contribution in [0, 0.1) is 17.8 Å². The van der Waals surface area contributed by atoms with E-state index < -0.39 is 0 Å². The van der Waals surface area contributed by atoms with Gasteiger partial charge in [0.05, 0.1) is 5.60 Å². The molecule has 4 unspecified atom stereocenters. The third kappa shape index (κ3) is 2.90. The molecule has 3 rings (SSSR count). The molecular formula is C17H32N2O. The highest BCUT2D eigenvalue weighted by molar-refractivity contribution is 4.98. The fraction of sp³-hybridized carbons (Fsp3) is 1.00. The highest BCUT2D eigenvalue weighted by Gasteiger charge is 2.45. The van der Waals surface area contributed by atoms with Crippen molar-refractivity contribution in [2.75, 3.05) is 6.61 Å². The number of ether oxygens (including phenoxy) is 1. The molecule has 1 saturated heterocycles. The summed E-state index contributed by atoms with van der Waals surface area (Å²) < 4.78 is 6.09. The quantitative estimate of drug-likeness (QED) is 0.613. The molecule has 116 valence electrons. The molecule has 1 aliphatic heterocycles. The summed E-state index contributed by atoms with van der Waals surface area (Å²) in [6.07, 6.45) is 13.3. The Hall–Kier alpha value is -0.120.